The van der Waals surface area contributed by atoms with Crippen LogP contribution < -0.4 is 22.0 Å². The van der Waals surface area contributed by atoms with Gasteiger partial charge in [0.2, 0.25) is 0 Å². The van der Waals surface area contributed by atoms with Gasteiger partial charge >= 0.3 is 17.4 Å². The number of hydrogen-bond acceptors (Lipinski definition) is 4. The van der Waals surface area contributed by atoms with Crippen LogP contribution in [0.4, 0.5) is 16.3 Å². The lowest BCUT2D eigenvalue weighted by Crippen LogP contribution is -2.28. The first-order valence-electron chi connectivity index (χ1n) is 12.2. The zero-order valence-corrected chi connectivity index (χ0v) is 21.6. The van der Waals surface area contributed by atoms with Crippen molar-refractivity contribution >= 4 is 28.3 Å². The summed E-state index contributed by atoms with van der Waals surface area (Å²) in [6, 6.07) is 22.4. The van der Waals surface area contributed by atoms with Crippen molar-refractivity contribution < 1.29 is 4.79 Å². The summed E-state index contributed by atoms with van der Waals surface area (Å²) in [5.74, 6) is 0.486. The molecule has 0 bridgehead atoms. The number of carbonyl (C=O) groups excluding carboxylic acids is 1. The van der Waals surface area contributed by atoms with Crippen LogP contribution in [0.3, 0.4) is 0 Å². The molecular weight excluding hydrogens is 482 g/mol. The van der Waals surface area contributed by atoms with E-state index in [9.17, 15) is 14.4 Å². The highest BCUT2D eigenvalue weighted by atomic mass is 16.2. The number of aromatic amines is 1. The minimum absolute atomic E-state index is 0.0978. The number of nitrogens with zero attached hydrogens (tertiary/aromatic N) is 4. The van der Waals surface area contributed by atoms with Crippen LogP contribution in [-0.2, 0) is 19.0 Å². The fourth-order valence-corrected chi connectivity index (χ4v) is 4.27. The van der Waals surface area contributed by atoms with Crippen molar-refractivity contribution in [2.75, 3.05) is 10.6 Å². The Labute approximate surface area is 218 Å². The van der Waals surface area contributed by atoms with E-state index >= 15 is 0 Å². The summed E-state index contributed by atoms with van der Waals surface area (Å²) in [7, 11) is 1.50. The Kier molecular flexibility index (Phi) is 6.23. The van der Waals surface area contributed by atoms with Crippen LogP contribution in [-0.4, -0.2) is 30.2 Å². The van der Waals surface area contributed by atoms with Gasteiger partial charge in [-0.1, -0.05) is 69.3 Å². The number of urea groups is 1. The van der Waals surface area contributed by atoms with Gasteiger partial charge in [-0.3, -0.25) is 5.32 Å². The Morgan fingerprint density at radius 1 is 0.947 bits per heavy atom. The monoisotopic (exact) mass is 511 g/mol. The number of rotatable bonds is 5. The van der Waals surface area contributed by atoms with Gasteiger partial charge in [0, 0.05) is 23.9 Å². The van der Waals surface area contributed by atoms with Gasteiger partial charge in [-0.25, -0.2) is 33.4 Å². The molecule has 2 amide bonds. The lowest BCUT2D eigenvalue weighted by molar-refractivity contribution is 0.262. The average Bonchev–Trinajstić information content (AvgIpc) is 3.41. The largest absolute Gasteiger partial charge is 0.346 e. The number of fused-ring (bicyclic) bond motifs is 1. The molecule has 10 heteroatoms. The minimum Gasteiger partial charge on any atom is -0.307 e. The second kappa shape index (κ2) is 9.55. The first kappa shape index (κ1) is 24.8. The van der Waals surface area contributed by atoms with Crippen molar-refractivity contribution in [3.05, 3.63) is 105 Å². The van der Waals surface area contributed by atoms with Gasteiger partial charge in [0.1, 0.15) is 5.82 Å². The molecule has 0 aliphatic heterocycles. The molecule has 5 rings (SSSR count). The number of nitrogens with one attached hydrogen (secondary N) is 3. The van der Waals surface area contributed by atoms with Crippen molar-refractivity contribution in [2.24, 2.45) is 7.05 Å². The SMILES string of the molecule is Cn1[nH]c(=O)n(Cc2cccc(-n3nc(C(C)(C)C)cc3NC(=O)Nc3cccc4ccccc34)c2)c1=O. The number of carbonyl (C=O) groups is 1. The van der Waals surface area contributed by atoms with Crippen LogP contribution in [0.5, 0.6) is 0 Å². The number of aromatic nitrogens is 5. The van der Waals surface area contributed by atoms with E-state index in [4.69, 9.17) is 5.10 Å². The number of hydrogen-bond donors (Lipinski definition) is 3. The molecule has 3 N–H and O–H groups in total. The second-order valence-corrected chi connectivity index (χ2v) is 10.2. The second-order valence-electron chi connectivity index (χ2n) is 10.2. The third kappa shape index (κ3) is 4.88. The van der Waals surface area contributed by atoms with Gasteiger partial charge < -0.3 is 5.32 Å². The molecule has 38 heavy (non-hydrogen) atoms. The molecule has 3 aromatic carbocycles. The van der Waals surface area contributed by atoms with Crippen molar-refractivity contribution in [2.45, 2.75) is 32.7 Å². The molecule has 0 radical (unpaired) electrons. The summed E-state index contributed by atoms with van der Waals surface area (Å²) in [5, 5.41) is 15.1. The highest BCUT2D eigenvalue weighted by Gasteiger charge is 2.22. The van der Waals surface area contributed by atoms with Crippen LogP contribution >= 0.6 is 0 Å². The molecule has 0 aliphatic rings. The van der Waals surface area contributed by atoms with Gasteiger partial charge in [-0.05, 0) is 29.1 Å². The fourth-order valence-electron chi connectivity index (χ4n) is 4.27. The summed E-state index contributed by atoms with van der Waals surface area (Å²) in [6.07, 6.45) is 0. The predicted octanol–water partition coefficient (Wildman–Crippen LogP) is 4.20. The third-order valence-corrected chi connectivity index (χ3v) is 6.28. The summed E-state index contributed by atoms with van der Waals surface area (Å²) in [5.41, 5.74) is 1.73. The molecule has 5 aromatic rings. The number of benzene rings is 3. The van der Waals surface area contributed by atoms with Crippen molar-refractivity contribution in [3.63, 3.8) is 0 Å². The van der Waals surface area contributed by atoms with Gasteiger partial charge in [0.05, 0.1) is 23.6 Å². The van der Waals surface area contributed by atoms with E-state index in [-0.39, 0.29) is 12.0 Å². The molecule has 0 atom stereocenters. The van der Waals surface area contributed by atoms with E-state index in [0.29, 0.717) is 17.2 Å². The van der Waals surface area contributed by atoms with E-state index in [1.165, 1.54) is 7.05 Å². The smallest absolute Gasteiger partial charge is 0.307 e. The first-order valence-corrected chi connectivity index (χ1v) is 12.2. The van der Waals surface area contributed by atoms with Crippen LogP contribution in [0.1, 0.15) is 32.0 Å². The Balaban J connectivity index is 1.47. The summed E-state index contributed by atoms with van der Waals surface area (Å²) in [4.78, 5) is 37.6. The molecule has 0 saturated carbocycles. The highest BCUT2D eigenvalue weighted by Crippen LogP contribution is 2.28. The molecule has 0 unspecified atom stereocenters. The average molecular weight is 512 g/mol. The normalized spacial score (nSPS) is 11.6. The maximum absolute atomic E-state index is 13.1. The maximum atomic E-state index is 13.1. The standard InChI is InChI=1S/C28H29N7O3/c1-28(2,3)23-16-24(30-25(36)29-22-14-8-11-19-10-5-6-13-21(19)22)35(31-23)20-12-7-9-18(15-20)17-34-26(37)32-33(4)27(34)38/h5-16H,17H2,1-4H3,(H,32,37)(H2,29,30,36). The minimum atomic E-state index is -0.482. The number of amides is 2. The quantitative estimate of drug-likeness (QED) is 0.328. The van der Waals surface area contributed by atoms with Crippen molar-refractivity contribution in [1.29, 1.82) is 0 Å². The Morgan fingerprint density at radius 2 is 1.68 bits per heavy atom. The molecule has 2 aromatic heterocycles. The molecule has 0 aliphatic carbocycles. The molecule has 2 heterocycles. The van der Waals surface area contributed by atoms with Gasteiger partial charge in [0.15, 0.2) is 0 Å². The lowest BCUT2D eigenvalue weighted by atomic mass is 9.92. The van der Waals surface area contributed by atoms with Crippen molar-refractivity contribution in [3.8, 4) is 5.69 Å². The molecule has 0 spiro atoms. The van der Waals surface area contributed by atoms with E-state index in [0.717, 1.165) is 31.3 Å². The molecule has 194 valence electrons. The fraction of sp³-hybridized carbons (Fsp3) is 0.214. The van der Waals surface area contributed by atoms with Crippen LogP contribution in [0.2, 0.25) is 0 Å². The number of H-pyrrole nitrogens is 1. The van der Waals surface area contributed by atoms with Gasteiger partial charge in [-0.2, -0.15) is 5.10 Å². The molecule has 0 saturated heterocycles. The Morgan fingerprint density at radius 3 is 2.42 bits per heavy atom. The van der Waals surface area contributed by atoms with E-state index < -0.39 is 17.4 Å². The topological polar surface area (TPSA) is 119 Å². The predicted molar refractivity (Wildman–Crippen MR) is 148 cm³/mol. The van der Waals surface area contributed by atoms with Crippen molar-refractivity contribution in [1.82, 2.24) is 24.1 Å². The summed E-state index contributed by atoms with van der Waals surface area (Å²) in [6.45, 7) is 6.24. The Bertz CT molecular complexity index is 1760. The van der Waals surface area contributed by atoms with Crippen LogP contribution in [0.25, 0.3) is 16.5 Å². The number of aryl methyl sites for hydroxylation is 1. The number of anilines is 2. The van der Waals surface area contributed by atoms with E-state index in [1.54, 1.807) is 4.68 Å². The molecule has 10 nitrogen and oxygen atoms in total. The summed E-state index contributed by atoms with van der Waals surface area (Å²) >= 11 is 0. The highest BCUT2D eigenvalue weighted by molar-refractivity contribution is 6.06. The summed E-state index contributed by atoms with van der Waals surface area (Å²) < 4.78 is 3.93. The zero-order chi connectivity index (χ0) is 27.0. The van der Waals surface area contributed by atoms with Gasteiger partial charge in [0.25, 0.3) is 0 Å². The van der Waals surface area contributed by atoms with E-state index in [2.05, 4.69) is 15.7 Å². The zero-order valence-electron chi connectivity index (χ0n) is 21.6. The molecular formula is C28H29N7O3. The first-order chi connectivity index (χ1) is 18.1. The third-order valence-electron chi connectivity index (χ3n) is 6.28. The molecule has 0 fully saturated rings. The van der Waals surface area contributed by atoms with E-state index in [1.807, 2.05) is 93.6 Å². The van der Waals surface area contributed by atoms with Crippen LogP contribution in [0.15, 0.2) is 82.4 Å². The maximum Gasteiger partial charge on any atom is 0.346 e. The Hall–Kier alpha value is -4.86. The van der Waals surface area contributed by atoms with Gasteiger partial charge in [-0.15, -0.1) is 0 Å². The van der Waals surface area contributed by atoms with Crippen LogP contribution in [0, 0.1) is 0 Å². The lowest BCUT2D eigenvalue weighted by Gasteiger charge is -2.14.